The highest BCUT2D eigenvalue weighted by Crippen LogP contribution is 2.62. The van der Waals surface area contributed by atoms with Crippen molar-refractivity contribution in [2.24, 2.45) is 22.9 Å². The van der Waals surface area contributed by atoms with Crippen molar-refractivity contribution in [2.75, 3.05) is 33.7 Å². The molecule has 14 nitrogen and oxygen atoms in total. The van der Waals surface area contributed by atoms with E-state index in [0.29, 0.717) is 46.9 Å². The van der Waals surface area contributed by atoms with Gasteiger partial charge in [-0.2, -0.15) is 0 Å². The number of oxime groups is 1. The number of benzene rings is 3. The highest BCUT2D eigenvalue weighted by atomic mass is 16.7. The first-order valence-electron chi connectivity index (χ1n) is 19.5. The Morgan fingerprint density at radius 2 is 1.75 bits per heavy atom. The van der Waals surface area contributed by atoms with Crippen molar-refractivity contribution in [1.82, 2.24) is 4.90 Å². The van der Waals surface area contributed by atoms with Crippen molar-refractivity contribution in [3.8, 4) is 23.0 Å². The summed E-state index contributed by atoms with van der Waals surface area (Å²) in [6, 6.07) is 15.4. The molecule has 1 saturated carbocycles. The molecule has 4 aliphatic rings. The van der Waals surface area contributed by atoms with E-state index in [2.05, 4.69) is 12.7 Å². The van der Waals surface area contributed by atoms with Crippen molar-refractivity contribution in [1.29, 1.82) is 0 Å². The molecule has 1 amide bonds. The molecule has 0 aromatic heterocycles. The van der Waals surface area contributed by atoms with Crippen LogP contribution in [0.5, 0.6) is 23.0 Å². The number of aliphatic hydroxyl groups excluding tert-OH is 2. The van der Waals surface area contributed by atoms with E-state index in [1.807, 2.05) is 0 Å². The normalized spacial score (nSPS) is 24.8. The summed E-state index contributed by atoms with van der Waals surface area (Å²) >= 11 is 0. The number of phenolic OH excluding ortho intramolecular Hbond substituents is 1. The van der Waals surface area contributed by atoms with Crippen LogP contribution in [0.3, 0.4) is 0 Å². The number of phenols is 1. The van der Waals surface area contributed by atoms with Crippen molar-refractivity contribution >= 4 is 17.3 Å². The van der Waals surface area contributed by atoms with Crippen LogP contribution in [0, 0.1) is 27.9 Å². The number of rotatable bonds is 17. The van der Waals surface area contributed by atoms with Crippen LogP contribution in [0.15, 0.2) is 90.1 Å². The van der Waals surface area contributed by atoms with E-state index in [-0.39, 0.29) is 74.7 Å². The first kappa shape index (κ1) is 39.8. The van der Waals surface area contributed by atoms with Crippen LogP contribution >= 0.6 is 0 Å². The Hall–Kier alpha value is -5.44. The van der Waals surface area contributed by atoms with Crippen molar-refractivity contribution in [3.63, 3.8) is 0 Å². The largest absolute Gasteiger partial charge is 0.508 e. The third-order valence-electron chi connectivity index (χ3n) is 11.6. The molecule has 3 N–H and O–H groups in total. The molecule has 302 valence electrons. The summed E-state index contributed by atoms with van der Waals surface area (Å²) in [5, 5.41) is 46.5. The number of hydrogen-bond acceptors (Lipinski definition) is 12. The van der Waals surface area contributed by atoms with E-state index in [9.17, 15) is 30.2 Å². The lowest BCUT2D eigenvalue weighted by atomic mass is 9.55. The van der Waals surface area contributed by atoms with Crippen LogP contribution in [0.4, 0.5) is 5.69 Å². The lowest BCUT2D eigenvalue weighted by Crippen LogP contribution is -2.69. The molecule has 1 fully saturated rings. The number of non-ortho nitro benzene ring substituents is 1. The molecule has 6 unspecified atom stereocenters. The number of nitrogens with zero attached hydrogens (tertiary/aromatic N) is 3. The van der Waals surface area contributed by atoms with Gasteiger partial charge in [0, 0.05) is 55.9 Å². The second-order valence-electron chi connectivity index (χ2n) is 15.0. The van der Waals surface area contributed by atoms with Crippen LogP contribution < -0.4 is 14.2 Å². The Morgan fingerprint density at radius 3 is 2.49 bits per heavy atom. The van der Waals surface area contributed by atoms with Crippen LogP contribution in [0.1, 0.15) is 72.3 Å². The number of ether oxygens (including phenoxy) is 4. The number of likely N-dealkylation sites (N-methyl/N-ethyl adjacent to an activating group) is 1. The molecular formula is C43H49N3O11. The van der Waals surface area contributed by atoms with Crippen LogP contribution in [-0.4, -0.2) is 82.3 Å². The third kappa shape index (κ3) is 7.94. The summed E-state index contributed by atoms with van der Waals surface area (Å²) in [6.45, 7) is 4.28. The Morgan fingerprint density at radius 1 is 1.02 bits per heavy atom. The Bertz CT molecular complexity index is 2020. The van der Waals surface area contributed by atoms with Crippen molar-refractivity contribution in [2.45, 2.75) is 69.3 Å². The van der Waals surface area contributed by atoms with Gasteiger partial charge in [-0.25, -0.2) is 0 Å². The number of nitro benzene ring substituents is 1. The highest BCUT2D eigenvalue weighted by Gasteiger charge is 2.65. The molecule has 2 aliphatic carbocycles. The average molecular weight is 784 g/mol. The van der Waals surface area contributed by atoms with Crippen LogP contribution in [0.2, 0.25) is 0 Å². The fourth-order valence-electron chi connectivity index (χ4n) is 9.01. The molecule has 3 aromatic carbocycles. The zero-order valence-corrected chi connectivity index (χ0v) is 32.0. The van der Waals surface area contributed by atoms with E-state index in [4.69, 9.17) is 28.9 Å². The van der Waals surface area contributed by atoms with E-state index in [1.165, 1.54) is 12.1 Å². The molecule has 7 rings (SSSR count). The van der Waals surface area contributed by atoms with Crippen LogP contribution in [-0.2, 0) is 16.2 Å². The summed E-state index contributed by atoms with van der Waals surface area (Å²) in [6.07, 6.45) is 8.36. The minimum Gasteiger partial charge on any atom is -0.508 e. The zero-order chi connectivity index (χ0) is 40.1. The van der Waals surface area contributed by atoms with Gasteiger partial charge in [0.15, 0.2) is 11.5 Å². The number of aromatic hydroxyl groups is 1. The number of amides is 1. The molecule has 0 bridgehead atoms. The summed E-state index contributed by atoms with van der Waals surface area (Å²) in [5.41, 5.74) is 3.27. The zero-order valence-electron chi connectivity index (χ0n) is 32.0. The maximum absolute atomic E-state index is 14.6. The SMILES string of the molecule is C=CCOC12Oc3ccc(O)cc3C3C(CCCCO)C(CCCCO)C=C(C(=NOCc4ccc([N+](=O)[O-])cc4)CC1N(C)C(=O)c1ccc4c(c1)OCO4)C32. The van der Waals surface area contributed by atoms with Gasteiger partial charge in [0.05, 0.1) is 23.2 Å². The molecule has 0 spiro atoms. The van der Waals surface area contributed by atoms with E-state index >= 15 is 0 Å². The maximum Gasteiger partial charge on any atom is 0.269 e. The smallest absolute Gasteiger partial charge is 0.269 e. The standard InChI is InChI=1S/C43H49N3O11/c1-3-20-55-43-39(45(2)42(50)29-12-16-37-38(22-29)54-26-53-37)24-35(44-56-25-27-10-13-30(14-11-27)46(51)52)33-21-28(8-4-6-18-47)32(9-5-7-19-48)40(41(33)43)34-23-31(49)15-17-36(34)57-43/h3,10-17,21-23,28,32,39-41,47-49H,1,4-9,18-20,24-26H2,2H3. The molecule has 0 saturated heterocycles. The lowest BCUT2D eigenvalue weighted by Gasteiger charge is -2.59. The van der Waals surface area contributed by atoms with Gasteiger partial charge in [0.25, 0.3) is 11.6 Å². The van der Waals surface area contributed by atoms with E-state index < -0.39 is 22.7 Å². The molecule has 0 radical (unpaired) electrons. The second-order valence-corrected chi connectivity index (χ2v) is 15.0. The maximum atomic E-state index is 14.6. The van der Waals surface area contributed by atoms with Gasteiger partial charge in [0.1, 0.15) is 24.1 Å². The minimum atomic E-state index is -1.46. The first-order valence-corrected chi connectivity index (χ1v) is 19.5. The quantitative estimate of drug-likeness (QED) is 0.0578. The molecule has 14 heteroatoms. The summed E-state index contributed by atoms with van der Waals surface area (Å²) in [7, 11) is 1.71. The van der Waals surface area contributed by atoms with Gasteiger partial charge in [-0.1, -0.05) is 30.1 Å². The Balaban J connectivity index is 1.38. The number of nitro groups is 1. The summed E-state index contributed by atoms with van der Waals surface area (Å²) in [5.74, 6) is -0.967. The lowest BCUT2D eigenvalue weighted by molar-refractivity contribution is -0.384. The number of carbonyl (C=O) groups excluding carboxylic acids is 1. The highest BCUT2D eigenvalue weighted by molar-refractivity contribution is 6.03. The summed E-state index contributed by atoms with van der Waals surface area (Å²) in [4.78, 5) is 33.0. The summed E-state index contributed by atoms with van der Waals surface area (Å²) < 4.78 is 25.1. The number of allylic oxidation sites excluding steroid dienone is 1. The number of carbonyl (C=O) groups is 1. The molecule has 57 heavy (non-hydrogen) atoms. The van der Waals surface area contributed by atoms with Gasteiger partial charge in [0.2, 0.25) is 12.6 Å². The minimum absolute atomic E-state index is 0.00366. The van der Waals surface area contributed by atoms with Gasteiger partial charge in [-0.3, -0.25) is 14.9 Å². The molecule has 2 aliphatic heterocycles. The first-order chi connectivity index (χ1) is 27.7. The molecular weight excluding hydrogens is 734 g/mol. The topological polar surface area (TPSA) is 183 Å². The monoisotopic (exact) mass is 783 g/mol. The van der Waals surface area contributed by atoms with Gasteiger partial charge in [-0.15, -0.1) is 6.58 Å². The molecule has 3 aromatic rings. The van der Waals surface area contributed by atoms with E-state index in [1.54, 1.807) is 66.6 Å². The number of unbranched alkanes of at least 4 members (excludes halogenated alkanes) is 2. The molecule has 6 atom stereocenters. The number of hydrogen-bond donors (Lipinski definition) is 3. The van der Waals surface area contributed by atoms with Gasteiger partial charge >= 0.3 is 0 Å². The number of fused-ring (bicyclic) bond motifs is 3. The van der Waals surface area contributed by atoms with E-state index in [0.717, 1.165) is 36.8 Å². The van der Waals surface area contributed by atoms with Gasteiger partial charge in [-0.05, 0) is 97.2 Å². The third-order valence-corrected chi connectivity index (χ3v) is 11.6. The number of aliphatic hydroxyl groups is 2. The Labute approximate surface area is 331 Å². The fourth-order valence-corrected chi connectivity index (χ4v) is 9.01. The predicted octanol–water partition coefficient (Wildman–Crippen LogP) is 6.64. The van der Waals surface area contributed by atoms with Crippen molar-refractivity contribution in [3.05, 3.63) is 112 Å². The van der Waals surface area contributed by atoms with Gasteiger partial charge < -0.3 is 44.0 Å². The Kier molecular flexibility index (Phi) is 12.1. The van der Waals surface area contributed by atoms with Crippen LogP contribution in [0.25, 0.3) is 0 Å². The average Bonchev–Trinajstić information content (AvgIpc) is 3.70. The fraction of sp³-hybridized carbons (Fsp3) is 0.442. The van der Waals surface area contributed by atoms with Crippen molar-refractivity contribution < 1.29 is 48.8 Å². The predicted molar refractivity (Wildman–Crippen MR) is 209 cm³/mol. The second kappa shape index (κ2) is 17.4. The molecule has 2 heterocycles.